The standard InChI is InChI=1S/C14H21ClO/c1-10-7-12(14(2,3)4)6-5-11(10)8-13(16)9-15/h5-7,13,16H,8-9H2,1-4H3. The van der Waals surface area contributed by atoms with Crippen LogP contribution in [0.1, 0.15) is 37.5 Å². The lowest BCUT2D eigenvalue weighted by Crippen LogP contribution is -2.15. The van der Waals surface area contributed by atoms with Crippen molar-refractivity contribution in [3.8, 4) is 0 Å². The summed E-state index contributed by atoms with van der Waals surface area (Å²) in [5.74, 6) is 0.292. The Morgan fingerprint density at radius 2 is 1.94 bits per heavy atom. The highest BCUT2D eigenvalue weighted by atomic mass is 35.5. The van der Waals surface area contributed by atoms with E-state index in [4.69, 9.17) is 11.6 Å². The molecule has 0 heterocycles. The van der Waals surface area contributed by atoms with E-state index >= 15 is 0 Å². The van der Waals surface area contributed by atoms with Crippen LogP contribution >= 0.6 is 11.6 Å². The Bertz CT molecular complexity index is 352. The van der Waals surface area contributed by atoms with Gasteiger partial charge in [-0.3, -0.25) is 0 Å². The largest absolute Gasteiger partial charge is 0.392 e. The molecule has 0 radical (unpaired) electrons. The molecule has 16 heavy (non-hydrogen) atoms. The summed E-state index contributed by atoms with van der Waals surface area (Å²) in [4.78, 5) is 0. The molecule has 0 saturated carbocycles. The fraction of sp³-hybridized carbons (Fsp3) is 0.571. The predicted molar refractivity (Wildman–Crippen MR) is 70.3 cm³/mol. The van der Waals surface area contributed by atoms with E-state index in [2.05, 4.69) is 45.9 Å². The van der Waals surface area contributed by atoms with Crippen molar-refractivity contribution in [1.82, 2.24) is 0 Å². The Kier molecular flexibility index (Phi) is 4.40. The molecular formula is C14H21ClO. The van der Waals surface area contributed by atoms with E-state index in [0.717, 1.165) is 0 Å². The van der Waals surface area contributed by atoms with Gasteiger partial charge in [0, 0.05) is 5.88 Å². The van der Waals surface area contributed by atoms with E-state index in [1.165, 1.54) is 16.7 Å². The molecular weight excluding hydrogens is 220 g/mol. The van der Waals surface area contributed by atoms with Gasteiger partial charge in [0.2, 0.25) is 0 Å². The first-order chi connectivity index (χ1) is 7.34. The molecule has 1 nitrogen and oxygen atoms in total. The summed E-state index contributed by atoms with van der Waals surface area (Å²) >= 11 is 5.61. The summed E-state index contributed by atoms with van der Waals surface area (Å²) < 4.78 is 0. The lowest BCUT2D eigenvalue weighted by Gasteiger charge is -2.21. The number of aryl methyl sites for hydroxylation is 1. The maximum atomic E-state index is 9.53. The Morgan fingerprint density at radius 1 is 1.31 bits per heavy atom. The molecule has 1 atom stereocenters. The number of rotatable bonds is 3. The third-order valence-electron chi connectivity index (χ3n) is 2.84. The Labute approximate surface area is 103 Å². The molecule has 90 valence electrons. The summed E-state index contributed by atoms with van der Waals surface area (Å²) in [7, 11) is 0. The van der Waals surface area contributed by atoms with E-state index in [1.54, 1.807) is 0 Å². The minimum atomic E-state index is -0.444. The molecule has 1 aromatic carbocycles. The third kappa shape index (κ3) is 3.50. The Morgan fingerprint density at radius 3 is 2.38 bits per heavy atom. The summed E-state index contributed by atoms with van der Waals surface area (Å²) in [6.07, 6.45) is 0.195. The van der Waals surface area contributed by atoms with Gasteiger partial charge >= 0.3 is 0 Å². The average Bonchev–Trinajstić information content (AvgIpc) is 2.19. The second-order valence-electron chi connectivity index (χ2n) is 5.40. The zero-order chi connectivity index (χ0) is 12.3. The van der Waals surface area contributed by atoms with Gasteiger partial charge in [-0.1, -0.05) is 39.0 Å². The van der Waals surface area contributed by atoms with E-state index < -0.39 is 6.10 Å². The summed E-state index contributed by atoms with van der Waals surface area (Å²) in [6.45, 7) is 8.70. The molecule has 0 aliphatic heterocycles. The van der Waals surface area contributed by atoms with Crippen molar-refractivity contribution < 1.29 is 5.11 Å². The molecule has 2 heteroatoms. The van der Waals surface area contributed by atoms with Crippen molar-refractivity contribution in [3.05, 3.63) is 34.9 Å². The predicted octanol–water partition coefficient (Wildman–Crippen LogP) is 3.43. The highest BCUT2D eigenvalue weighted by Crippen LogP contribution is 2.24. The number of benzene rings is 1. The molecule has 1 N–H and O–H groups in total. The maximum absolute atomic E-state index is 9.53. The number of halogens is 1. The molecule has 0 spiro atoms. The van der Waals surface area contributed by atoms with Crippen LogP contribution in [0.3, 0.4) is 0 Å². The van der Waals surface area contributed by atoms with Crippen molar-refractivity contribution in [2.75, 3.05) is 5.88 Å². The van der Waals surface area contributed by atoms with Gasteiger partial charge in [0.15, 0.2) is 0 Å². The molecule has 0 fully saturated rings. The minimum Gasteiger partial charge on any atom is -0.392 e. The number of alkyl halides is 1. The van der Waals surface area contributed by atoms with E-state index in [1.807, 2.05) is 0 Å². The van der Waals surface area contributed by atoms with Gasteiger partial charge in [0.05, 0.1) is 6.10 Å². The van der Waals surface area contributed by atoms with Crippen LogP contribution < -0.4 is 0 Å². The van der Waals surface area contributed by atoms with E-state index in [0.29, 0.717) is 12.3 Å². The van der Waals surface area contributed by atoms with Gasteiger partial charge in [-0.15, -0.1) is 11.6 Å². The van der Waals surface area contributed by atoms with Gasteiger partial charge < -0.3 is 5.11 Å². The first-order valence-electron chi connectivity index (χ1n) is 5.68. The Hall–Kier alpha value is -0.530. The number of aliphatic hydroxyl groups excluding tert-OH is 1. The molecule has 0 aliphatic carbocycles. The van der Waals surface area contributed by atoms with E-state index in [-0.39, 0.29) is 5.41 Å². The third-order valence-corrected chi connectivity index (χ3v) is 3.20. The maximum Gasteiger partial charge on any atom is 0.0715 e. The van der Waals surface area contributed by atoms with Gasteiger partial charge in [0.1, 0.15) is 0 Å². The lowest BCUT2D eigenvalue weighted by molar-refractivity contribution is 0.198. The fourth-order valence-corrected chi connectivity index (χ4v) is 1.81. The zero-order valence-corrected chi connectivity index (χ0v) is 11.3. The molecule has 1 rings (SSSR count). The van der Waals surface area contributed by atoms with Crippen LogP contribution in [0.2, 0.25) is 0 Å². The SMILES string of the molecule is Cc1cc(C(C)(C)C)ccc1CC(O)CCl. The van der Waals surface area contributed by atoms with Gasteiger partial charge in [-0.2, -0.15) is 0 Å². The molecule has 0 bridgehead atoms. The van der Waals surface area contributed by atoms with Crippen molar-refractivity contribution in [2.24, 2.45) is 0 Å². The van der Waals surface area contributed by atoms with E-state index in [9.17, 15) is 5.11 Å². The summed E-state index contributed by atoms with van der Waals surface area (Å²) in [6, 6.07) is 6.45. The van der Waals surface area contributed by atoms with Crippen molar-refractivity contribution in [1.29, 1.82) is 0 Å². The summed E-state index contributed by atoms with van der Waals surface area (Å²) in [5, 5.41) is 9.53. The van der Waals surface area contributed by atoms with Crippen LogP contribution in [0.4, 0.5) is 0 Å². The second kappa shape index (κ2) is 5.20. The average molecular weight is 241 g/mol. The highest BCUT2D eigenvalue weighted by molar-refractivity contribution is 6.18. The number of hydrogen-bond acceptors (Lipinski definition) is 1. The zero-order valence-electron chi connectivity index (χ0n) is 10.5. The normalized spacial score (nSPS) is 13.9. The van der Waals surface area contributed by atoms with Gasteiger partial charge in [-0.25, -0.2) is 0 Å². The van der Waals surface area contributed by atoms with Crippen LogP contribution in [-0.4, -0.2) is 17.1 Å². The quantitative estimate of drug-likeness (QED) is 0.803. The Balaban J connectivity index is 2.92. The minimum absolute atomic E-state index is 0.175. The number of aliphatic hydroxyl groups is 1. The molecule has 0 aliphatic rings. The van der Waals surface area contributed by atoms with Crippen LogP contribution in [0, 0.1) is 6.92 Å². The highest BCUT2D eigenvalue weighted by Gasteiger charge is 2.15. The van der Waals surface area contributed by atoms with Crippen LogP contribution in [0.25, 0.3) is 0 Å². The van der Waals surface area contributed by atoms with Crippen LogP contribution in [0.15, 0.2) is 18.2 Å². The molecule has 0 amide bonds. The summed E-state index contributed by atoms with van der Waals surface area (Å²) in [5.41, 5.74) is 3.92. The first-order valence-corrected chi connectivity index (χ1v) is 6.22. The first kappa shape index (κ1) is 13.5. The van der Waals surface area contributed by atoms with Gasteiger partial charge in [-0.05, 0) is 35.4 Å². The molecule has 1 unspecified atom stereocenters. The fourth-order valence-electron chi connectivity index (χ4n) is 1.70. The van der Waals surface area contributed by atoms with Crippen LogP contribution in [0.5, 0.6) is 0 Å². The second-order valence-corrected chi connectivity index (χ2v) is 5.71. The van der Waals surface area contributed by atoms with Crippen molar-refractivity contribution >= 4 is 11.6 Å². The van der Waals surface area contributed by atoms with Crippen LogP contribution in [-0.2, 0) is 11.8 Å². The van der Waals surface area contributed by atoms with Crippen molar-refractivity contribution in [2.45, 2.75) is 45.6 Å². The smallest absolute Gasteiger partial charge is 0.0715 e. The van der Waals surface area contributed by atoms with Gasteiger partial charge in [0.25, 0.3) is 0 Å². The molecule has 0 saturated heterocycles. The molecule has 0 aromatic heterocycles. The topological polar surface area (TPSA) is 20.2 Å². The number of hydrogen-bond donors (Lipinski definition) is 1. The lowest BCUT2D eigenvalue weighted by atomic mass is 9.85. The van der Waals surface area contributed by atoms with Crippen molar-refractivity contribution in [3.63, 3.8) is 0 Å². The monoisotopic (exact) mass is 240 g/mol. The molecule has 1 aromatic rings.